The molecule has 8 nitrogen and oxygen atoms in total. The molecule has 0 bridgehead atoms. The highest BCUT2D eigenvalue weighted by Gasteiger charge is 2.26. The first kappa shape index (κ1) is 25.6. The number of ether oxygens (including phenoxy) is 2. The van der Waals surface area contributed by atoms with E-state index in [0.717, 1.165) is 13.1 Å². The number of nitrogens with one attached hydrogen (secondary N) is 2. The minimum atomic E-state index is -0.793. The second-order valence-corrected chi connectivity index (χ2v) is 5.48. The molecule has 2 heterocycles. The summed E-state index contributed by atoms with van der Waals surface area (Å²) in [7, 11) is 0. The fourth-order valence-corrected chi connectivity index (χ4v) is 2.13. The molecular weight excluding hydrogens is 363 g/mol. The molecule has 0 radical (unpaired) electrons. The number of aliphatic carboxylic acids is 2. The van der Waals surface area contributed by atoms with Gasteiger partial charge in [0.25, 0.3) is 0 Å². The van der Waals surface area contributed by atoms with Gasteiger partial charge in [-0.1, -0.05) is 0 Å². The van der Waals surface area contributed by atoms with Gasteiger partial charge in [0.05, 0.1) is 37.3 Å². The van der Waals surface area contributed by atoms with Crippen LogP contribution in [0.25, 0.3) is 0 Å². The molecule has 24 heavy (non-hydrogen) atoms. The van der Waals surface area contributed by atoms with E-state index >= 15 is 0 Å². The van der Waals surface area contributed by atoms with Crippen molar-refractivity contribution < 1.29 is 29.3 Å². The normalized spacial score (nSPS) is 25.6. The lowest BCUT2D eigenvalue weighted by Crippen LogP contribution is -2.44. The van der Waals surface area contributed by atoms with E-state index < -0.39 is 23.8 Å². The van der Waals surface area contributed by atoms with Gasteiger partial charge in [0.15, 0.2) is 0 Å². The van der Waals surface area contributed by atoms with Gasteiger partial charge in [0, 0.05) is 26.2 Å². The number of carboxylic acid groups (broad SMARTS) is 2. The zero-order valence-electron chi connectivity index (χ0n) is 13.9. The van der Waals surface area contributed by atoms with Crippen molar-refractivity contribution in [2.24, 2.45) is 11.8 Å². The van der Waals surface area contributed by atoms with E-state index in [1.807, 2.05) is 0 Å². The molecule has 0 amide bonds. The first-order valence-corrected chi connectivity index (χ1v) is 7.53. The first-order valence-electron chi connectivity index (χ1n) is 7.53. The van der Waals surface area contributed by atoms with Crippen molar-refractivity contribution in [1.82, 2.24) is 10.6 Å². The monoisotopic (exact) mass is 390 g/mol. The Morgan fingerprint density at radius 3 is 1.42 bits per heavy atom. The Morgan fingerprint density at radius 1 is 0.875 bits per heavy atom. The van der Waals surface area contributed by atoms with Crippen LogP contribution in [-0.2, 0) is 19.1 Å². The number of hydrogen-bond acceptors (Lipinski definition) is 6. The molecule has 2 aliphatic heterocycles. The van der Waals surface area contributed by atoms with Gasteiger partial charge in [0.1, 0.15) is 0 Å². The molecule has 2 saturated heterocycles. The van der Waals surface area contributed by atoms with Crippen LogP contribution in [0, 0.1) is 11.8 Å². The van der Waals surface area contributed by atoms with Crippen molar-refractivity contribution in [3.8, 4) is 0 Å². The van der Waals surface area contributed by atoms with Crippen LogP contribution in [0.4, 0.5) is 0 Å². The number of rotatable bonds is 4. The van der Waals surface area contributed by atoms with Crippen LogP contribution in [0.3, 0.4) is 0 Å². The van der Waals surface area contributed by atoms with Crippen molar-refractivity contribution in [2.45, 2.75) is 26.1 Å². The van der Waals surface area contributed by atoms with Crippen LogP contribution in [0.5, 0.6) is 0 Å². The highest BCUT2D eigenvalue weighted by molar-refractivity contribution is 5.85. The van der Waals surface area contributed by atoms with Gasteiger partial charge in [-0.25, -0.2) is 0 Å². The Morgan fingerprint density at radius 2 is 1.21 bits per heavy atom. The smallest absolute Gasteiger partial charge is 0.308 e. The quantitative estimate of drug-likeness (QED) is 0.538. The molecule has 2 aliphatic rings. The van der Waals surface area contributed by atoms with Crippen molar-refractivity contribution in [1.29, 1.82) is 0 Å². The molecular formula is C14H28Cl2N2O6. The Labute approximate surface area is 154 Å². The van der Waals surface area contributed by atoms with Crippen molar-refractivity contribution in [2.75, 3.05) is 39.4 Å². The number of halogens is 2. The van der Waals surface area contributed by atoms with E-state index in [4.69, 9.17) is 19.7 Å². The standard InChI is InChI=1S/2C7H13NO3.2ClH/c2*1-5(7(9)10)6-4-8-2-3-11-6;;/h2*5-6,8H,2-4H2,1H3,(H,9,10);2*1H. The molecule has 0 aromatic carbocycles. The summed E-state index contributed by atoms with van der Waals surface area (Å²) < 4.78 is 10.5. The predicted molar refractivity (Wildman–Crippen MR) is 93.3 cm³/mol. The van der Waals surface area contributed by atoms with Gasteiger partial charge in [-0.3, -0.25) is 9.59 Å². The highest BCUT2D eigenvalue weighted by Crippen LogP contribution is 2.09. The fraction of sp³-hybridized carbons (Fsp3) is 0.857. The van der Waals surface area contributed by atoms with Crippen LogP contribution < -0.4 is 10.6 Å². The average molecular weight is 391 g/mol. The molecule has 2 rings (SSSR count). The fourth-order valence-electron chi connectivity index (χ4n) is 2.13. The largest absolute Gasteiger partial charge is 0.481 e. The average Bonchev–Trinajstić information content (AvgIpc) is 2.55. The van der Waals surface area contributed by atoms with E-state index in [9.17, 15) is 9.59 Å². The molecule has 2 fully saturated rings. The first-order chi connectivity index (χ1) is 10.4. The van der Waals surface area contributed by atoms with E-state index in [2.05, 4.69) is 10.6 Å². The maximum Gasteiger partial charge on any atom is 0.308 e. The van der Waals surface area contributed by atoms with Crippen LogP contribution in [0.1, 0.15) is 13.8 Å². The lowest BCUT2D eigenvalue weighted by atomic mass is 10.0. The van der Waals surface area contributed by atoms with Crippen LogP contribution >= 0.6 is 24.8 Å². The Bertz CT molecular complexity index is 329. The van der Waals surface area contributed by atoms with Gasteiger partial charge in [-0.15, -0.1) is 24.8 Å². The van der Waals surface area contributed by atoms with Crippen LogP contribution in [0.2, 0.25) is 0 Å². The SMILES string of the molecule is CC(C(=O)O)C1CNCCO1.CC(C(=O)O)C1CNCCO1.Cl.Cl. The van der Waals surface area contributed by atoms with Gasteiger partial charge in [-0.2, -0.15) is 0 Å². The summed E-state index contributed by atoms with van der Waals surface area (Å²) in [4.78, 5) is 21.0. The molecule has 0 aromatic rings. The number of carbonyl (C=O) groups is 2. The minimum absolute atomic E-state index is 0. The Hall–Kier alpha value is -0.640. The van der Waals surface area contributed by atoms with E-state index in [-0.39, 0.29) is 37.0 Å². The minimum Gasteiger partial charge on any atom is -0.481 e. The number of carboxylic acids is 2. The second-order valence-electron chi connectivity index (χ2n) is 5.48. The van der Waals surface area contributed by atoms with Crippen LogP contribution in [-0.4, -0.2) is 73.8 Å². The topological polar surface area (TPSA) is 117 Å². The van der Waals surface area contributed by atoms with Crippen LogP contribution in [0.15, 0.2) is 0 Å². The van der Waals surface area contributed by atoms with Gasteiger partial charge >= 0.3 is 11.9 Å². The third kappa shape index (κ3) is 9.00. The molecule has 0 aliphatic carbocycles. The third-order valence-electron chi connectivity index (χ3n) is 3.81. The van der Waals surface area contributed by atoms with Gasteiger partial charge in [-0.05, 0) is 13.8 Å². The third-order valence-corrected chi connectivity index (χ3v) is 3.81. The van der Waals surface area contributed by atoms with Crippen molar-refractivity contribution in [3.05, 3.63) is 0 Å². The molecule has 4 N–H and O–H groups in total. The van der Waals surface area contributed by atoms with Crippen molar-refractivity contribution >= 4 is 36.8 Å². The second kappa shape index (κ2) is 13.6. The summed E-state index contributed by atoms with van der Waals surface area (Å²) in [6.07, 6.45) is -0.331. The summed E-state index contributed by atoms with van der Waals surface area (Å²) in [5.74, 6) is -2.41. The summed E-state index contributed by atoms with van der Waals surface area (Å²) >= 11 is 0. The van der Waals surface area contributed by atoms with Gasteiger partial charge in [0.2, 0.25) is 0 Å². The lowest BCUT2D eigenvalue weighted by molar-refractivity contribution is -0.148. The Balaban J connectivity index is 0. The number of hydrogen-bond donors (Lipinski definition) is 4. The highest BCUT2D eigenvalue weighted by atomic mass is 35.5. The summed E-state index contributed by atoms with van der Waals surface area (Å²) in [6, 6.07) is 0. The molecule has 0 aromatic heterocycles. The zero-order chi connectivity index (χ0) is 16.5. The van der Waals surface area contributed by atoms with Crippen molar-refractivity contribution in [3.63, 3.8) is 0 Å². The molecule has 4 atom stereocenters. The van der Waals surface area contributed by atoms with E-state index in [1.165, 1.54) is 0 Å². The molecule has 0 spiro atoms. The summed E-state index contributed by atoms with van der Waals surface area (Å²) in [6.45, 7) is 7.50. The molecule has 10 heteroatoms. The number of morpholine rings is 2. The maximum absolute atomic E-state index is 10.5. The predicted octanol–water partition coefficient (Wildman–Crippen LogP) is 0.235. The van der Waals surface area contributed by atoms with E-state index in [1.54, 1.807) is 13.8 Å². The Kier molecular flexibility index (Phi) is 14.5. The molecule has 144 valence electrons. The van der Waals surface area contributed by atoms with Gasteiger partial charge < -0.3 is 30.3 Å². The molecule has 4 unspecified atom stereocenters. The zero-order valence-corrected chi connectivity index (χ0v) is 15.5. The summed E-state index contributed by atoms with van der Waals surface area (Å²) in [5.41, 5.74) is 0. The van der Waals surface area contributed by atoms with E-state index in [0.29, 0.717) is 26.3 Å². The summed E-state index contributed by atoms with van der Waals surface area (Å²) in [5, 5.41) is 23.4. The molecule has 0 saturated carbocycles. The lowest BCUT2D eigenvalue weighted by Gasteiger charge is -2.26. The maximum atomic E-state index is 10.5.